The van der Waals surface area contributed by atoms with Gasteiger partial charge in [-0.1, -0.05) is 23.5 Å². The van der Waals surface area contributed by atoms with Crippen molar-refractivity contribution in [1.82, 2.24) is 24.8 Å². The minimum Gasteiger partial charge on any atom is -0.480 e. The topological polar surface area (TPSA) is 94.3 Å². The second-order valence-corrected chi connectivity index (χ2v) is 6.68. The highest BCUT2D eigenvalue weighted by atomic mass is 32.1. The summed E-state index contributed by atoms with van der Waals surface area (Å²) in [6.45, 7) is 0. The van der Waals surface area contributed by atoms with Gasteiger partial charge in [-0.15, -0.1) is 15.3 Å². The average molecular weight is 368 g/mol. The molecule has 0 aliphatic rings. The first kappa shape index (κ1) is 16.4. The van der Waals surface area contributed by atoms with Gasteiger partial charge in [-0.2, -0.15) is 4.52 Å². The molecule has 0 aliphatic carbocycles. The van der Waals surface area contributed by atoms with Gasteiger partial charge in [0.2, 0.25) is 11.8 Å². The highest BCUT2D eigenvalue weighted by Gasteiger charge is 2.11. The second-order valence-electron chi connectivity index (χ2n) is 5.65. The van der Waals surface area contributed by atoms with Crippen molar-refractivity contribution in [2.24, 2.45) is 0 Å². The third-order valence-electron chi connectivity index (χ3n) is 3.86. The summed E-state index contributed by atoms with van der Waals surface area (Å²) in [6, 6.07) is 11.3. The van der Waals surface area contributed by atoms with Gasteiger partial charge < -0.3 is 10.1 Å². The van der Waals surface area contributed by atoms with E-state index >= 15 is 0 Å². The Hall–Kier alpha value is -3.07. The zero-order chi connectivity index (χ0) is 17.9. The van der Waals surface area contributed by atoms with Crippen LogP contribution in [-0.4, -0.2) is 37.8 Å². The molecular weight excluding hydrogens is 352 g/mol. The molecule has 0 aliphatic heterocycles. The SMILES string of the molecule is COc1ccc2nnc(CCCC(=O)Nc3nc4ccccc4s3)n2n1. The zero-order valence-corrected chi connectivity index (χ0v) is 14.9. The Morgan fingerprint density at radius 1 is 1.23 bits per heavy atom. The number of benzene rings is 1. The fraction of sp³-hybridized carbons (Fsp3) is 0.235. The molecule has 8 nitrogen and oxygen atoms in total. The molecule has 0 fully saturated rings. The summed E-state index contributed by atoms with van der Waals surface area (Å²) >= 11 is 1.47. The number of anilines is 1. The van der Waals surface area contributed by atoms with Gasteiger partial charge in [0, 0.05) is 18.9 Å². The Bertz CT molecular complexity index is 1040. The number of nitrogens with zero attached hydrogens (tertiary/aromatic N) is 5. The number of para-hydroxylation sites is 1. The van der Waals surface area contributed by atoms with Crippen molar-refractivity contribution < 1.29 is 9.53 Å². The number of nitrogens with one attached hydrogen (secondary N) is 1. The smallest absolute Gasteiger partial charge is 0.231 e. The van der Waals surface area contributed by atoms with Gasteiger partial charge in [-0.25, -0.2) is 4.98 Å². The van der Waals surface area contributed by atoms with Gasteiger partial charge in [0.15, 0.2) is 16.6 Å². The van der Waals surface area contributed by atoms with Gasteiger partial charge >= 0.3 is 0 Å². The van der Waals surface area contributed by atoms with Crippen LogP contribution in [-0.2, 0) is 11.2 Å². The number of hydrogen-bond acceptors (Lipinski definition) is 7. The molecule has 1 amide bonds. The van der Waals surface area contributed by atoms with Crippen LogP contribution in [0.2, 0.25) is 0 Å². The van der Waals surface area contributed by atoms with E-state index in [4.69, 9.17) is 4.74 Å². The van der Waals surface area contributed by atoms with E-state index in [-0.39, 0.29) is 5.91 Å². The maximum atomic E-state index is 12.2. The molecule has 4 rings (SSSR count). The van der Waals surface area contributed by atoms with Crippen LogP contribution in [0.1, 0.15) is 18.7 Å². The number of amides is 1. The number of rotatable bonds is 6. The summed E-state index contributed by atoms with van der Waals surface area (Å²) in [5.74, 6) is 1.13. The van der Waals surface area contributed by atoms with E-state index < -0.39 is 0 Å². The van der Waals surface area contributed by atoms with Crippen LogP contribution in [0.15, 0.2) is 36.4 Å². The normalized spacial score (nSPS) is 11.1. The number of hydrogen-bond donors (Lipinski definition) is 1. The molecule has 3 aromatic heterocycles. The fourth-order valence-electron chi connectivity index (χ4n) is 2.60. The Labute approximate surface area is 152 Å². The lowest BCUT2D eigenvalue weighted by Gasteiger charge is -2.02. The zero-order valence-electron chi connectivity index (χ0n) is 14.0. The number of carbonyl (C=O) groups is 1. The van der Waals surface area contributed by atoms with Crippen molar-refractivity contribution in [3.05, 3.63) is 42.2 Å². The number of fused-ring (bicyclic) bond motifs is 2. The summed E-state index contributed by atoms with van der Waals surface area (Å²) in [5.41, 5.74) is 1.54. The van der Waals surface area contributed by atoms with Crippen molar-refractivity contribution in [3.8, 4) is 5.88 Å². The largest absolute Gasteiger partial charge is 0.480 e. The molecule has 4 aromatic rings. The number of thiazole rings is 1. The lowest BCUT2D eigenvalue weighted by molar-refractivity contribution is -0.116. The summed E-state index contributed by atoms with van der Waals surface area (Å²) in [6.07, 6.45) is 1.60. The molecule has 9 heteroatoms. The highest BCUT2D eigenvalue weighted by molar-refractivity contribution is 7.22. The molecule has 0 unspecified atom stereocenters. The van der Waals surface area contributed by atoms with Crippen LogP contribution in [0.3, 0.4) is 0 Å². The molecule has 1 aromatic carbocycles. The number of ether oxygens (including phenoxy) is 1. The van der Waals surface area contributed by atoms with Crippen molar-refractivity contribution in [3.63, 3.8) is 0 Å². The van der Waals surface area contributed by atoms with E-state index in [9.17, 15) is 4.79 Å². The maximum Gasteiger partial charge on any atom is 0.231 e. The van der Waals surface area contributed by atoms with Gasteiger partial charge in [0.25, 0.3) is 0 Å². The molecule has 0 radical (unpaired) electrons. The molecular formula is C17H16N6O2S. The molecule has 0 bridgehead atoms. The van der Waals surface area contributed by atoms with Crippen molar-refractivity contribution >= 4 is 38.2 Å². The van der Waals surface area contributed by atoms with Crippen LogP contribution in [0.5, 0.6) is 5.88 Å². The van der Waals surface area contributed by atoms with Gasteiger partial charge in [0.05, 0.1) is 17.3 Å². The number of carbonyl (C=O) groups excluding carboxylic acids is 1. The first-order valence-corrected chi connectivity index (χ1v) is 8.95. The fourth-order valence-corrected chi connectivity index (χ4v) is 3.48. The van der Waals surface area contributed by atoms with Crippen molar-refractivity contribution in [2.75, 3.05) is 12.4 Å². The predicted molar refractivity (Wildman–Crippen MR) is 98.5 cm³/mol. The Kier molecular flexibility index (Phi) is 4.44. The van der Waals surface area contributed by atoms with Crippen molar-refractivity contribution in [2.45, 2.75) is 19.3 Å². The van der Waals surface area contributed by atoms with Gasteiger partial charge in [-0.3, -0.25) is 4.79 Å². The standard InChI is InChI=1S/C17H16N6O2S/c1-25-16-10-9-14-21-20-13(23(14)22-16)7-4-8-15(24)19-17-18-11-5-2-3-6-12(11)26-17/h2-3,5-6,9-10H,4,7-8H2,1H3,(H,18,19,24). The van der Waals surface area contributed by atoms with Gasteiger partial charge in [0.1, 0.15) is 0 Å². The summed E-state index contributed by atoms with van der Waals surface area (Å²) in [7, 11) is 1.56. The molecule has 3 heterocycles. The second kappa shape index (κ2) is 7.04. The molecule has 1 N–H and O–H groups in total. The van der Waals surface area contributed by atoms with Crippen molar-refractivity contribution in [1.29, 1.82) is 0 Å². The third kappa shape index (κ3) is 3.33. The predicted octanol–water partition coefficient (Wildman–Crippen LogP) is 2.70. The summed E-state index contributed by atoms with van der Waals surface area (Å²) < 4.78 is 7.82. The van der Waals surface area contributed by atoms with Crippen LogP contribution < -0.4 is 10.1 Å². The minimum absolute atomic E-state index is 0.0663. The Morgan fingerprint density at radius 2 is 2.12 bits per heavy atom. The first-order chi connectivity index (χ1) is 12.7. The number of methoxy groups -OCH3 is 1. The maximum absolute atomic E-state index is 12.2. The Balaban J connectivity index is 1.36. The van der Waals surface area contributed by atoms with E-state index in [1.807, 2.05) is 24.3 Å². The quantitative estimate of drug-likeness (QED) is 0.562. The van der Waals surface area contributed by atoms with E-state index in [1.165, 1.54) is 11.3 Å². The van der Waals surface area contributed by atoms with Crippen LogP contribution >= 0.6 is 11.3 Å². The first-order valence-electron chi connectivity index (χ1n) is 8.14. The molecule has 0 saturated carbocycles. The lowest BCUT2D eigenvalue weighted by Crippen LogP contribution is -2.11. The highest BCUT2D eigenvalue weighted by Crippen LogP contribution is 2.25. The van der Waals surface area contributed by atoms with E-state index in [0.29, 0.717) is 41.7 Å². The number of aryl methyl sites for hydroxylation is 1. The monoisotopic (exact) mass is 368 g/mol. The lowest BCUT2D eigenvalue weighted by atomic mass is 10.2. The average Bonchev–Trinajstić information content (AvgIpc) is 3.24. The van der Waals surface area contributed by atoms with Crippen LogP contribution in [0.25, 0.3) is 15.9 Å². The third-order valence-corrected chi connectivity index (χ3v) is 4.81. The van der Waals surface area contributed by atoms with E-state index in [1.54, 1.807) is 23.8 Å². The van der Waals surface area contributed by atoms with Crippen LogP contribution in [0, 0.1) is 0 Å². The summed E-state index contributed by atoms with van der Waals surface area (Å²) in [5, 5.41) is 16.0. The van der Waals surface area contributed by atoms with Crippen LogP contribution in [0.4, 0.5) is 5.13 Å². The molecule has 26 heavy (non-hydrogen) atoms. The minimum atomic E-state index is -0.0663. The van der Waals surface area contributed by atoms with E-state index in [0.717, 1.165) is 10.2 Å². The Morgan fingerprint density at radius 3 is 2.96 bits per heavy atom. The van der Waals surface area contributed by atoms with E-state index in [2.05, 4.69) is 25.6 Å². The number of aromatic nitrogens is 5. The molecule has 0 spiro atoms. The van der Waals surface area contributed by atoms with Gasteiger partial charge in [-0.05, 0) is 24.6 Å². The molecule has 132 valence electrons. The summed E-state index contributed by atoms with van der Waals surface area (Å²) in [4.78, 5) is 16.6. The molecule has 0 saturated heterocycles. The molecule has 0 atom stereocenters.